The lowest BCUT2D eigenvalue weighted by Crippen LogP contribution is -2.13. The van der Waals surface area contributed by atoms with Gasteiger partial charge in [0, 0.05) is 5.56 Å². The Morgan fingerprint density at radius 1 is 1.45 bits per heavy atom. The maximum atomic E-state index is 12.0. The van der Waals surface area contributed by atoms with Crippen LogP contribution in [0.15, 0.2) is 23.8 Å². The van der Waals surface area contributed by atoms with Crippen LogP contribution in [0.3, 0.4) is 0 Å². The first-order valence-corrected chi connectivity index (χ1v) is 7.12. The molecular weight excluding hydrogens is 304 g/mol. The number of anilines is 1. The minimum Gasteiger partial charge on any atom is -0.508 e. The Kier molecular flexibility index (Phi) is 4.70. The summed E-state index contributed by atoms with van der Waals surface area (Å²) in [5.41, 5.74) is -0.0626. The predicted molar refractivity (Wildman–Crippen MR) is 81.3 cm³/mol. The smallest absolute Gasteiger partial charge is 0.268 e. The Morgan fingerprint density at radius 2 is 2.23 bits per heavy atom. The van der Waals surface area contributed by atoms with Gasteiger partial charge < -0.3 is 10.2 Å². The largest absolute Gasteiger partial charge is 0.508 e. The fourth-order valence-corrected chi connectivity index (χ4v) is 2.25. The van der Waals surface area contributed by atoms with E-state index in [9.17, 15) is 15.0 Å². The molecule has 0 atom stereocenters. The van der Waals surface area contributed by atoms with Crippen LogP contribution in [0.5, 0.6) is 11.5 Å². The number of phenolic OH excluding ortho intramolecular Hbond substituents is 2. The molecule has 1 amide bonds. The van der Waals surface area contributed by atoms with Crippen molar-refractivity contribution >= 4 is 28.5 Å². The van der Waals surface area contributed by atoms with Crippen LogP contribution in [0.1, 0.15) is 17.5 Å². The highest BCUT2D eigenvalue weighted by molar-refractivity contribution is 7.15. The van der Waals surface area contributed by atoms with Gasteiger partial charge in [-0.25, -0.2) is 0 Å². The fourth-order valence-electron chi connectivity index (χ4n) is 1.57. The highest BCUT2D eigenvalue weighted by Gasteiger charge is 2.13. The SMILES string of the molecule is CCc1nnc(NC(=O)/C(C#N)=C\c2cc(O)ccc2O)s1. The third-order valence-electron chi connectivity index (χ3n) is 2.67. The molecule has 1 aromatic carbocycles. The zero-order chi connectivity index (χ0) is 16.1. The first-order valence-electron chi connectivity index (χ1n) is 6.31. The molecule has 0 saturated carbocycles. The van der Waals surface area contributed by atoms with Gasteiger partial charge in [0.05, 0.1) is 0 Å². The molecule has 0 saturated heterocycles. The number of carbonyl (C=O) groups excluding carboxylic acids is 1. The fraction of sp³-hybridized carbons (Fsp3) is 0.143. The second-order valence-electron chi connectivity index (χ2n) is 4.22. The first kappa shape index (κ1) is 15.5. The Morgan fingerprint density at radius 3 is 2.86 bits per heavy atom. The van der Waals surface area contributed by atoms with E-state index < -0.39 is 5.91 Å². The van der Waals surface area contributed by atoms with Crippen molar-refractivity contribution in [1.82, 2.24) is 10.2 Å². The molecule has 1 aromatic heterocycles. The van der Waals surface area contributed by atoms with Crippen LogP contribution in [-0.4, -0.2) is 26.3 Å². The minimum absolute atomic E-state index is 0.0848. The van der Waals surface area contributed by atoms with Gasteiger partial charge in [0.25, 0.3) is 5.91 Å². The van der Waals surface area contributed by atoms with Gasteiger partial charge in [0.2, 0.25) is 5.13 Å². The van der Waals surface area contributed by atoms with E-state index in [1.54, 1.807) is 6.07 Å². The molecule has 0 radical (unpaired) electrons. The number of hydrogen-bond donors (Lipinski definition) is 3. The van der Waals surface area contributed by atoms with Gasteiger partial charge in [-0.05, 0) is 30.7 Å². The monoisotopic (exact) mass is 316 g/mol. The molecule has 0 fully saturated rings. The van der Waals surface area contributed by atoms with E-state index in [1.165, 1.54) is 35.6 Å². The number of nitrogens with zero attached hydrogens (tertiary/aromatic N) is 3. The van der Waals surface area contributed by atoms with Crippen LogP contribution >= 0.6 is 11.3 Å². The highest BCUT2D eigenvalue weighted by Crippen LogP contribution is 2.25. The number of aromatic hydroxyl groups is 2. The summed E-state index contributed by atoms with van der Waals surface area (Å²) in [5.74, 6) is -0.898. The lowest BCUT2D eigenvalue weighted by atomic mass is 10.1. The van der Waals surface area contributed by atoms with Crippen LogP contribution in [0.4, 0.5) is 5.13 Å². The second kappa shape index (κ2) is 6.69. The molecular formula is C14H12N4O3S. The van der Waals surface area contributed by atoms with Crippen LogP contribution < -0.4 is 5.32 Å². The van der Waals surface area contributed by atoms with E-state index in [2.05, 4.69) is 15.5 Å². The van der Waals surface area contributed by atoms with Crippen molar-refractivity contribution in [2.45, 2.75) is 13.3 Å². The average Bonchev–Trinajstić information content (AvgIpc) is 2.95. The summed E-state index contributed by atoms with van der Waals surface area (Å²) >= 11 is 1.22. The number of aryl methyl sites for hydroxylation is 1. The van der Waals surface area contributed by atoms with Gasteiger partial charge in [-0.2, -0.15) is 5.26 Å². The van der Waals surface area contributed by atoms with Gasteiger partial charge in [0.1, 0.15) is 28.1 Å². The van der Waals surface area contributed by atoms with Crippen LogP contribution in [0.2, 0.25) is 0 Å². The topological polar surface area (TPSA) is 119 Å². The molecule has 0 bridgehead atoms. The predicted octanol–water partition coefficient (Wildman–Crippen LogP) is 2.06. The van der Waals surface area contributed by atoms with Crippen LogP contribution in [-0.2, 0) is 11.2 Å². The highest BCUT2D eigenvalue weighted by atomic mass is 32.1. The first-order chi connectivity index (χ1) is 10.5. The molecule has 22 heavy (non-hydrogen) atoms. The van der Waals surface area contributed by atoms with Gasteiger partial charge in [-0.15, -0.1) is 10.2 Å². The van der Waals surface area contributed by atoms with E-state index in [0.717, 1.165) is 5.01 Å². The van der Waals surface area contributed by atoms with Crippen LogP contribution in [0, 0.1) is 11.3 Å². The Bertz CT molecular complexity index is 777. The second-order valence-corrected chi connectivity index (χ2v) is 5.28. The lowest BCUT2D eigenvalue weighted by molar-refractivity contribution is -0.112. The number of nitriles is 1. The van der Waals surface area contributed by atoms with Crippen molar-refractivity contribution in [2.75, 3.05) is 5.32 Å². The zero-order valence-corrected chi connectivity index (χ0v) is 12.4. The number of phenols is 2. The van der Waals surface area contributed by atoms with Crippen molar-refractivity contribution in [2.24, 2.45) is 0 Å². The summed E-state index contributed by atoms with van der Waals surface area (Å²) in [5, 5.41) is 39.3. The summed E-state index contributed by atoms with van der Waals surface area (Å²) in [6.45, 7) is 1.91. The van der Waals surface area contributed by atoms with E-state index in [4.69, 9.17) is 5.26 Å². The maximum Gasteiger partial charge on any atom is 0.268 e. The molecule has 112 valence electrons. The molecule has 1 heterocycles. The van der Waals surface area contributed by atoms with Crippen molar-refractivity contribution in [3.8, 4) is 17.6 Å². The van der Waals surface area contributed by atoms with E-state index in [1.807, 2.05) is 6.92 Å². The van der Waals surface area contributed by atoms with Crippen molar-refractivity contribution < 1.29 is 15.0 Å². The third-order valence-corrected chi connectivity index (χ3v) is 3.65. The van der Waals surface area contributed by atoms with Gasteiger partial charge in [-0.1, -0.05) is 18.3 Å². The number of amides is 1. The molecule has 2 aromatic rings. The van der Waals surface area contributed by atoms with Gasteiger partial charge in [0.15, 0.2) is 0 Å². The maximum absolute atomic E-state index is 12.0. The summed E-state index contributed by atoms with van der Waals surface area (Å²) in [6.07, 6.45) is 1.89. The van der Waals surface area contributed by atoms with Crippen molar-refractivity contribution in [1.29, 1.82) is 5.26 Å². The molecule has 8 heteroatoms. The molecule has 7 nitrogen and oxygen atoms in total. The summed E-state index contributed by atoms with van der Waals surface area (Å²) in [6, 6.07) is 5.57. The van der Waals surface area contributed by atoms with E-state index >= 15 is 0 Å². The standard InChI is InChI=1S/C14H12N4O3S/c1-2-12-17-18-14(22-12)16-13(21)9(7-15)5-8-6-10(19)3-4-11(8)20/h3-6,19-20H,2H2,1H3,(H,16,18,21)/b9-5-. The third kappa shape index (κ3) is 3.59. The lowest BCUT2D eigenvalue weighted by Gasteiger charge is -2.02. The molecule has 0 aliphatic carbocycles. The van der Waals surface area contributed by atoms with Gasteiger partial charge >= 0.3 is 0 Å². The Hall–Kier alpha value is -2.92. The van der Waals surface area contributed by atoms with E-state index in [0.29, 0.717) is 11.6 Å². The molecule has 0 spiro atoms. The van der Waals surface area contributed by atoms with Crippen molar-refractivity contribution in [3.05, 3.63) is 34.3 Å². The summed E-state index contributed by atoms with van der Waals surface area (Å²) in [7, 11) is 0. The number of nitrogens with one attached hydrogen (secondary N) is 1. The Balaban J connectivity index is 2.23. The Labute approximate surface area is 130 Å². The van der Waals surface area contributed by atoms with E-state index in [-0.39, 0.29) is 22.6 Å². The number of carbonyl (C=O) groups is 1. The number of rotatable bonds is 4. The normalized spacial score (nSPS) is 11.0. The minimum atomic E-state index is -0.663. The number of aromatic nitrogens is 2. The summed E-state index contributed by atoms with van der Waals surface area (Å²) < 4.78 is 0. The average molecular weight is 316 g/mol. The quantitative estimate of drug-likeness (QED) is 0.451. The summed E-state index contributed by atoms with van der Waals surface area (Å²) in [4.78, 5) is 12.0. The molecule has 2 rings (SSSR count). The number of benzene rings is 1. The molecule has 3 N–H and O–H groups in total. The van der Waals surface area contributed by atoms with Crippen LogP contribution in [0.25, 0.3) is 6.08 Å². The zero-order valence-electron chi connectivity index (χ0n) is 11.6. The molecule has 0 unspecified atom stereocenters. The number of hydrogen-bond acceptors (Lipinski definition) is 7. The van der Waals surface area contributed by atoms with Crippen molar-refractivity contribution in [3.63, 3.8) is 0 Å². The van der Waals surface area contributed by atoms with Gasteiger partial charge in [-0.3, -0.25) is 10.1 Å². The molecule has 0 aliphatic heterocycles. The molecule has 0 aliphatic rings.